The second kappa shape index (κ2) is 6.03. The fourth-order valence-electron chi connectivity index (χ4n) is 2.72. The SMILES string of the molecule is CC(C)(C)OC(=O)N1CCN(C(=O)[C@H]2CCC(=O)C2)CC1. The van der Waals surface area contributed by atoms with Crippen molar-refractivity contribution in [2.24, 2.45) is 5.92 Å². The fraction of sp³-hybridized carbons (Fsp3) is 0.800. The molecule has 1 heterocycles. The van der Waals surface area contributed by atoms with Crippen LogP contribution in [0.3, 0.4) is 0 Å². The highest BCUT2D eigenvalue weighted by atomic mass is 16.6. The van der Waals surface area contributed by atoms with Gasteiger partial charge in [0.05, 0.1) is 0 Å². The molecule has 2 rings (SSSR count). The van der Waals surface area contributed by atoms with Crippen molar-refractivity contribution in [3.8, 4) is 0 Å². The molecule has 6 nitrogen and oxygen atoms in total. The van der Waals surface area contributed by atoms with Gasteiger partial charge in [-0.2, -0.15) is 0 Å². The normalized spacial score (nSPS) is 23.4. The number of nitrogens with zero attached hydrogens (tertiary/aromatic N) is 2. The summed E-state index contributed by atoms with van der Waals surface area (Å²) >= 11 is 0. The van der Waals surface area contributed by atoms with Gasteiger partial charge < -0.3 is 14.5 Å². The summed E-state index contributed by atoms with van der Waals surface area (Å²) in [6.45, 7) is 7.51. The lowest BCUT2D eigenvalue weighted by Crippen LogP contribution is -2.52. The van der Waals surface area contributed by atoms with E-state index in [1.165, 1.54) is 0 Å². The van der Waals surface area contributed by atoms with Crippen LogP contribution < -0.4 is 0 Å². The summed E-state index contributed by atoms with van der Waals surface area (Å²) < 4.78 is 5.33. The van der Waals surface area contributed by atoms with Crippen molar-refractivity contribution in [1.82, 2.24) is 9.80 Å². The van der Waals surface area contributed by atoms with Crippen LogP contribution >= 0.6 is 0 Å². The topological polar surface area (TPSA) is 66.9 Å². The number of hydrogen-bond donors (Lipinski definition) is 0. The fourth-order valence-corrected chi connectivity index (χ4v) is 2.72. The van der Waals surface area contributed by atoms with Crippen LogP contribution in [-0.4, -0.2) is 59.4 Å². The monoisotopic (exact) mass is 296 g/mol. The molecule has 1 aliphatic carbocycles. The maximum absolute atomic E-state index is 12.3. The van der Waals surface area contributed by atoms with Crippen molar-refractivity contribution < 1.29 is 19.1 Å². The maximum Gasteiger partial charge on any atom is 0.410 e. The molecule has 1 saturated heterocycles. The third kappa shape index (κ3) is 4.19. The Labute approximate surface area is 125 Å². The van der Waals surface area contributed by atoms with Gasteiger partial charge in [0, 0.05) is 44.9 Å². The number of amides is 2. The molecule has 0 aromatic carbocycles. The Hall–Kier alpha value is -1.59. The first-order valence-corrected chi connectivity index (χ1v) is 7.55. The Balaban J connectivity index is 1.81. The zero-order chi connectivity index (χ0) is 15.6. The van der Waals surface area contributed by atoms with Crippen LogP contribution in [0.5, 0.6) is 0 Å². The Kier molecular flexibility index (Phi) is 4.54. The predicted molar refractivity (Wildman–Crippen MR) is 76.7 cm³/mol. The summed E-state index contributed by atoms with van der Waals surface area (Å²) in [5.74, 6) is 0.0935. The standard InChI is InChI=1S/C15H24N2O4/c1-15(2,3)21-14(20)17-8-6-16(7-9-17)13(19)11-4-5-12(18)10-11/h11H,4-10H2,1-3H3/t11-/m0/s1. The molecule has 1 aliphatic heterocycles. The molecule has 1 saturated carbocycles. The van der Waals surface area contributed by atoms with Crippen molar-refractivity contribution in [1.29, 1.82) is 0 Å². The summed E-state index contributed by atoms with van der Waals surface area (Å²) in [5.41, 5.74) is -0.506. The summed E-state index contributed by atoms with van der Waals surface area (Å²) in [5, 5.41) is 0. The Morgan fingerprint density at radius 3 is 2.14 bits per heavy atom. The number of rotatable bonds is 1. The van der Waals surface area contributed by atoms with Crippen LogP contribution in [0, 0.1) is 5.92 Å². The highest BCUT2D eigenvalue weighted by Crippen LogP contribution is 2.24. The lowest BCUT2D eigenvalue weighted by molar-refractivity contribution is -0.137. The third-order valence-electron chi connectivity index (χ3n) is 3.84. The molecule has 2 aliphatic rings. The minimum absolute atomic E-state index is 0.0599. The van der Waals surface area contributed by atoms with Gasteiger partial charge in [-0.25, -0.2) is 4.79 Å². The van der Waals surface area contributed by atoms with E-state index in [2.05, 4.69) is 0 Å². The molecule has 2 fully saturated rings. The summed E-state index contributed by atoms with van der Waals surface area (Å²) in [6, 6.07) is 0. The molecule has 0 N–H and O–H groups in total. The molecular weight excluding hydrogens is 272 g/mol. The van der Waals surface area contributed by atoms with Gasteiger partial charge in [0.25, 0.3) is 0 Å². The number of hydrogen-bond acceptors (Lipinski definition) is 4. The van der Waals surface area contributed by atoms with Gasteiger partial charge in [-0.05, 0) is 27.2 Å². The number of carbonyl (C=O) groups excluding carboxylic acids is 3. The minimum atomic E-state index is -0.506. The summed E-state index contributed by atoms with van der Waals surface area (Å²) in [7, 11) is 0. The van der Waals surface area contributed by atoms with Gasteiger partial charge in [-0.3, -0.25) is 9.59 Å². The van der Waals surface area contributed by atoms with E-state index in [4.69, 9.17) is 4.74 Å². The van der Waals surface area contributed by atoms with Crippen molar-refractivity contribution >= 4 is 17.8 Å². The molecule has 0 unspecified atom stereocenters. The van der Waals surface area contributed by atoms with E-state index in [1.807, 2.05) is 20.8 Å². The van der Waals surface area contributed by atoms with Gasteiger partial charge in [0.15, 0.2) is 0 Å². The molecule has 6 heteroatoms. The highest BCUT2D eigenvalue weighted by molar-refractivity contribution is 5.90. The molecule has 0 radical (unpaired) electrons. The van der Waals surface area contributed by atoms with E-state index in [9.17, 15) is 14.4 Å². The number of carbonyl (C=O) groups is 3. The Bertz CT molecular complexity index is 433. The van der Waals surface area contributed by atoms with Crippen LogP contribution in [0.25, 0.3) is 0 Å². The Morgan fingerprint density at radius 1 is 1.10 bits per heavy atom. The van der Waals surface area contributed by atoms with Gasteiger partial charge in [0.2, 0.25) is 5.91 Å². The van der Waals surface area contributed by atoms with E-state index < -0.39 is 5.60 Å². The van der Waals surface area contributed by atoms with Crippen molar-refractivity contribution in [2.45, 2.75) is 45.6 Å². The first-order chi connectivity index (χ1) is 9.76. The lowest BCUT2D eigenvalue weighted by Gasteiger charge is -2.36. The third-order valence-corrected chi connectivity index (χ3v) is 3.84. The summed E-state index contributed by atoms with van der Waals surface area (Å²) in [4.78, 5) is 38.9. The number of ketones is 1. The van der Waals surface area contributed by atoms with Crippen molar-refractivity contribution in [2.75, 3.05) is 26.2 Å². The van der Waals surface area contributed by atoms with Crippen LogP contribution in [0.1, 0.15) is 40.0 Å². The van der Waals surface area contributed by atoms with Gasteiger partial charge in [0.1, 0.15) is 11.4 Å². The quantitative estimate of drug-likeness (QED) is 0.734. The largest absolute Gasteiger partial charge is 0.444 e. The number of ether oxygens (including phenoxy) is 1. The maximum atomic E-state index is 12.3. The first-order valence-electron chi connectivity index (χ1n) is 7.55. The molecule has 0 aromatic rings. The van der Waals surface area contributed by atoms with E-state index in [0.717, 1.165) is 0 Å². The predicted octanol–water partition coefficient (Wildman–Crippen LogP) is 1.43. The van der Waals surface area contributed by atoms with E-state index in [-0.39, 0.29) is 23.7 Å². The van der Waals surface area contributed by atoms with Gasteiger partial charge >= 0.3 is 6.09 Å². The summed E-state index contributed by atoms with van der Waals surface area (Å²) in [6.07, 6.45) is 1.24. The first kappa shape index (κ1) is 15.8. The molecule has 118 valence electrons. The second-order valence-electron chi connectivity index (χ2n) is 6.77. The molecule has 0 spiro atoms. The minimum Gasteiger partial charge on any atom is -0.444 e. The number of piperazine rings is 1. The molecule has 0 bridgehead atoms. The zero-order valence-electron chi connectivity index (χ0n) is 13.1. The van der Waals surface area contributed by atoms with Crippen LogP contribution in [0.2, 0.25) is 0 Å². The van der Waals surface area contributed by atoms with Crippen molar-refractivity contribution in [3.05, 3.63) is 0 Å². The van der Waals surface area contributed by atoms with Crippen molar-refractivity contribution in [3.63, 3.8) is 0 Å². The molecule has 21 heavy (non-hydrogen) atoms. The average molecular weight is 296 g/mol. The van der Waals surface area contributed by atoms with Crippen LogP contribution in [0.4, 0.5) is 4.79 Å². The van der Waals surface area contributed by atoms with Crippen LogP contribution in [-0.2, 0) is 14.3 Å². The average Bonchev–Trinajstić information content (AvgIpc) is 2.83. The molecular formula is C15H24N2O4. The van der Waals surface area contributed by atoms with E-state index in [0.29, 0.717) is 45.4 Å². The lowest BCUT2D eigenvalue weighted by atomic mass is 10.1. The van der Waals surface area contributed by atoms with Crippen LogP contribution in [0.15, 0.2) is 0 Å². The zero-order valence-corrected chi connectivity index (χ0v) is 13.1. The molecule has 0 aromatic heterocycles. The number of Topliss-reactive ketones (excluding diaryl/α,β-unsaturated/α-hetero) is 1. The molecule has 1 atom stereocenters. The van der Waals surface area contributed by atoms with Gasteiger partial charge in [-0.1, -0.05) is 0 Å². The van der Waals surface area contributed by atoms with E-state index in [1.54, 1.807) is 9.80 Å². The highest BCUT2D eigenvalue weighted by Gasteiger charge is 2.34. The smallest absolute Gasteiger partial charge is 0.410 e. The molecule has 2 amide bonds. The Morgan fingerprint density at radius 2 is 1.67 bits per heavy atom. The van der Waals surface area contributed by atoms with E-state index >= 15 is 0 Å². The van der Waals surface area contributed by atoms with Gasteiger partial charge in [-0.15, -0.1) is 0 Å². The second-order valence-corrected chi connectivity index (χ2v) is 6.77.